The first kappa shape index (κ1) is 16.6. The zero-order chi connectivity index (χ0) is 17.5. The fourth-order valence-corrected chi connectivity index (χ4v) is 2.51. The normalized spacial score (nSPS) is 10.3. The smallest absolute Gasteiger partial charge is 0.270 e. The summed E-state index contributed by atoms with van der Waals surface area (Å²) in [6, 6.07) is 17.7. The number of carbonyl (C=O) groups excluding carboxylic acids is 1. The largest absolute Gasteiger partial charge is 0.370 e. The first-order valence-electron chi connectivity index (χ1n) is 8.10. The van der Waals surface area contributed by atoms with Crippen LogP contribution in [0.25, 0.3) is 0 Å². The van der Waals surface area contributed by atoms with E-state index in [9.17, 15) is 4.79 Å². The van der Waals surface area contributed by atoms with Gasteiger partial charge in [-0.3, -0.25) is 14.8 Å². The molecule has 5 heteroatoms. The summed E-state index contributed by atoms with van der Waals surface area (Å²) in [5, 5.41) is 2.87. The van der Waals surface area contributed by atoms with Crippen molar-refractivity contribution < 1.29 is 4.79 Å². The van der Waals surface area contributed by atoms with E-state index in [-0.39, 0.29) is 5.91 Å². The molecule has 0 aliphatic heterocycles. The second-order valence-electron chi connectivity index (χ2n) is 5.78. The maximum Gasteiger partial charge on any atom is 0.270 e. The molecule has 1 amide bonds. The first-order valence-corrected chi connectivity index (χ1v) is 8.10. The lowest BCUT2D eigenvalue weighted by atomic mass is 10.2. The van der Waals surface area contributed by atoms with E-state index in [0.717, 1.165) is 17.8 Å². The van der Waals surface area contributed by atoms with E-state index >= 15 is 0 Å². The fourth-order valence-electron chi connectivity index (χ4n) is 2.51. The lowest BCUT2D eigenvalue weighted by molar-refractivity contribution is 0.0946. The lowest BCUT2D eigenvalue weighted by Gasteiger charge is -2.19. The van der Waals surface area contributed by atoms with Crippen molar-refractivity contribution >= 4 is 11.6 Å². The summed E-state index contributed by atoms with van der Waals surface area (Å²) in [5.41, 5.74) is 3.52. The molecule has 3 rings (SSSR count). The molecular formula is C20H20N4O. The highest BCUT2D eigenvalue weighted by atomic mass is 16.1. The summed E-state index contributed by atoms with van der Waals surface area (Å²) in [7, 11) is 2.00. The standard InChI is InChI=1S/C20H20N4O/c1-24(15-16-6-3-2-4-7-16)18-9-11-22-19(12-18)20(25)23-14-17-8-5-10-21-13-17/h2-13H,14-15H2,1H3,(H,23,25). The van der Waals surface area contributed by atoms with Crippen molar-refractivity contribution in [2.75, 3.05) is 11.9 Å². The molecule has 0 unspecified atom stereocenters. The van der Waals surface area contributed by atoms with Crippen molar-refractivity contribution in [1.82, 2.24) is 15.3 Å². The summed E-state index contributed by atoms with van der Waals surface area (Å²) < 4.78 is 0. The van der Waals surface area contributed by atoms with Gasteiger partial charge in [-0.2, -0.15) is 0 Å². The first-order chi connectivity index (χ1) is 12.2. The van der Waals surface area contributed by atoms with Gasteiger partial charge >= 0.3 is 0 Å². The van der Waals surface area contributed by atoms with E-state index < -0.39 is 0 Å². The Morgan fingerprint density at radius 1 is 1.04 bits per heavy atom. The van der Waals surface area contributed by atoms with E-state index in [0.29, 0.717) is 12.2 Å². The highest BCUT2D eigenvalue weighted by Crippen LogP contribution is 2.16. The van der Waals surface area contributed by atoms with Gasteiger partial charge in [-0.25, -0.2) is 0 Å². The third kappa shape index (κ3) is 4.64. The number of nitrogens with zero attached hydrogens (tertiary/aromatic N) is 3. The van der Waals surface area contributed by atoms with Crippen LogP contribution in [0.2, 0.25) is 0 Å². The van der Waals surface area contributed by atoms with Gasteiger partial charge in [0.1, 0.15) is 5.69 Å². The molecule has 0 spiro atoms. The molecule has 3 aromatic rings. The van der Waals surface area contributed by atoms with Crippen molar-refractivity contribution in [2.45, 2.75) is 13.1 Å². The Labute approximate surface area is 147 Å². The second-order valence-corrected chi connectivity index (χ2v) is 5.78. The second kappa shape index (κ2) is 8.06. The van der Waals surface area contributed by atoms with Crippen LogP contribution in [0.1, 0.15) is 21.6 Å². The number of benzene rings is 1. The quantitative estimate of drug-likeness (QED) is 0.754. The minimum atomic E-state index is -0.196. The highest BCUT2D eigenvalue weighted by Gasteiger charge is 2.10. The highest BCUT2D eigenvalue weighted by molar-refractivity contribution is 5.93. The molecule has 0 saturated heterocycles. The Bertz CT molecular complexity index is 821. The summed E-state index contributed by atoms with van der Waals surface area (Å²) in [6.07, 6.45) is 5.10. The molecule has 1 aromatic carbocycles. The number of aromatic nitrogens is 2. The molecule has 0 fully saturated rings. The molecule has 0 radical (unpaired) electrons. The molecule has 0 bridgehead atoms. The van der Waals surface area contributed by atoms with Crippen molar-refractivity contribution in [2.24, 2.45) is 0 Å². The van der Waals surface area contributed by atoms with Crippen molar-refractivity contribution in [3.05, 3.63) is 90.0 Å². The van der Waals surface area contributed by atoms with Gasteiger partial charge in [0.15, 0.2) is 0 Å². The van der Waals surface area contributed by atoms with Gasteiger partial charge in [0.25, 0.3) is 5.91 Å². The molecule has 126 valence electrons. The molecule has 0 aliphatic carbocycles. The van der Waals surface area contributed by atoms with E-state index in [4.69, 9.17) is 0 Å². The number of nitrogens with one attached hydrogen (secondary N) is 1. The van der Waals surface area contributed by atoms with E-state index in [1.165, 1.54) is 5.56 Å². The van der Waals surface area contributed by atoms with Crippen LogP contribution in [0.15, 0.2) is 73.2 Å². The maximum absolute atomic E-state index is 12.3. The molecular weight excluding hydrogens is 312 g/mol. The third-order valence-electron chi connectivity index (χ3n) is 3.86. The zero-order valence-corrected chi connectivity index (χ0v) is 14.1. The van der Waals surface area contributed by atoms with Gasteiger partial charge in [0, 0.05) is 44.4 Å². The minimum absolute atomic E-state index is 0.196. The molecule has 0 saturated carbocycles. The topological polar surface area (TPSA) is 58.1 Å². The Morgan fingerprint density at radius 3 is 2.60 bits per heavy atom. The fraction of sp³-hybridized carbons (Fsp3) is 0.150. The Kier molecular flexibility index (Phi) is 5.36. The summed E-state index contributed by atoms with van der Waals surface area (Å²) in [4.78, 5) is 22.7. The molecule has 2 heterocycles. The van der Waals surface area contributed by atoms with Crippen molar-refractivity contribution in [3.63, 3.8) is 0 Å². The van der Waals surface area contributed by atoms with E-state index in [1.54, 1.807) is 18.6 Å². The molecule has 5 nitrogen and oxygen atoms in total. The number of pyridine rings is 2. The van der Waals surface area contributed by atoms with E-state index in [2.05, 4.69) is 32.3 Å². The molecule has 2 aromatic heterocycles. The predicted octanol–water partition coefficient (Wildman–Crippen LogP) is 3.04. The number of rotatable bonds is 6. The van der Waals surface area contributed by atoms with Crippen LogP contribution in [0.3, 0.4) is 0 Å². The number of amides is 1. The van der Waals surface area contributed by atoms with Crippen molar-refractivity contribution in [1.29, 1.82) is 0 Å². The van der Waals surface area contributed by atoms with Gasteiger partial charge in [-0.05, 0) is 29.3 Å². The zero-order valence-electron chi connectivity index (χ0n) is 14.1. The van der Waals surface area contributed by atoms with Crippen LogP contribution >= 0.6 is 0 Å². The monoisotopic (exact) mass is 332 g/mol. The van der Waals surface area contributed by atoms with Crippen LogP contribution in [0, 0.1) is 0 Å². The number of carbonyl (C=O) groups is 1. The van der Waals surface area contributed by atoms with Crippen LogP contribution in [0.4, 0.5) is 5.69 Å². The summed E-state index contributed by atoms with van der Waals surface area (Å²) in [5.74, 6) is -0.196. The summed E-state index contributed by atoms with van der Waals surface area (Å²) >= 11 is 0. The molecule has 0 atom stereocenters. The van der Waals surface area contributed by atoms with Crippen LogP contribution in [-0.2, 0) is 13.1 Å². The molecule has 0 aliphatic rings. The average Bonchev–Trinajstić information content (AvgIpc) is 2.68. The van der Waals surface area contributed by atoms with Crippen LogP contribution in [0.5, 0.6) is 0 Å². The minimum Gasteiger partial charge on any atom is -0.370 e. The van der Waals surface area contributed by atoms with Gasteiger partial charge in [0.05, 0.1) is 0 Å². The van der Waals surface area contributed by atoms with Crippen molar-refractivity contribution in [3.8, 4) is 0 Å². The molecule has 1 N–H and O–H groups in total. The lowest BCUT2D eigenvalue weighted by Crippen LogP contribution is -2.24. The third-order valence-corrected chi connectivity index (χ3v) is 3.86. The maximum atomic E-state index is 12.3. The number of hydrogen-bond acceptors (Lipinski definition) is 4. The Balaban J connectivity index is 1.65. The molecule has 25 heavy (non-hydrogen) atoms. The van der Waals surface area contributed by atoms with Gasteiger partial charge in [-0.15, -0.1) is 0 Å². The van der Waals surface area contributed by atoms with Gasteiger partial charge in [0.2, 0.25) is 0 Å². The van der Waals surface area contributed by atoms with Crippen LogP contribution < -0.4 is 10.2 Å². The number of anilines is 1. The average molecular weight is 332 g/mol. The Hall–Kier alpha value is -3.21. The number of hydrogen-bond donors (Lipinski definition) is 1. The van der Waals surface area contributed by atoms with Gasteiger partial charge in [-0.1, -0.05) is 36.4 Å². The Morgan fingerprint density at radius 2 is 1.84 bits per heavy atom. The van der Waals surface area contributed by atoms with Gasteiger partial charge < -0.3 is 10.2 Å². The van der Waals surface area contributed by atoms with Crippen LogP contribution in [-0.4, -0.2) is 22.9 Å². The van der Waals surface area contributed by atoms with E-state index in [1.807, 2.05) is 49.5 Å². The predicted molar refractivity (Wildman–Crippen MR) is 98.2 cm³/mol. The summed E-state index contributed by atoms with van der Waals surface area (Å²) in [6.45, 7) is 1.19. The SMILES string of the molecule is CN(Cc1ccccc1)c1ccnc(C(=O)NCc2cccnc2)c1.